The Labute approximate surface area is 415 Å². The molecule has 0 aliphatic rings. The third-order valence-corrected chi connectivity index (χ3v) is 21.4. The molecular formula is C60H74I3-3. The van der Waals surface area contributed by atoms with Gasteiger partial charge in [0.25, 0.3) is 0 Å². The molecule has 338 valence electrons. The molecule has 6 aromatic carbocycles. The average Bonchev–Trinajstić information content (AvgIpc) is 3.23. The predicted octanol–water partition coefficient (Wildman–Crippen LogP) is 6.74. The van der Waals surface area contributed by atoms with Gasteiger partial charge in [0, 0.05) is 0 Å². The molecule has 0 aliphatic heterocycles. The summed E-state index contributed by atoms with van der Waals surface area (Å²) in [7, 11) is 0. The summed E-state index contributed by atoms with van der Waals surface area (Å²) in [6.45, 7) is 33.1. The molecule has 3 heteroatoms. The molecule has 0 bridgehead atoms. The first-order valence-electron chi connectivity index (χ1n) is 23.0. The van der Waals surface area contributed by atoms with Crippen molar-refractivity contribution in [3.63, 3.8) is 0 Å². The molecule has 0 amide bonds. The van der Waals surface area contributed by atoms with E-state index in [1.54, 1.807) is 0 Å². The van der Waals surface area contributed by atoms with Gasteiger partial charge in [-0.2, -0.15) is 0 Å². The number of benzene rings is 6. The molecule has 0 heterocycles. The normalized spacial score (nSPS) is 13.2. The molecule has 6 rings (SSSR count). The van der Waals surface area contributed by atoms with E-state index >= 15 is 0 Å². The van der Waals surface area contributed by atoms with Gasteiger partial charge in [0.05, 0.1) is 0 Å². The van der Waals surface area contributed by atoms with Crippen LogP contribution in [-0.2, 0) is 32.5 Å². The van der Waals surface area contributed by atoms with Crippen LogP contribution in [0.25, 0.3) is 0 Å². The summed E-state index contributed by atoms with van der Waals surface area (Å²) < 4.78 is 8.93. The number of rotatable bonds is 16. The monoisotopic (exact) mass is 1180 g/mol. The van der Waals surface area contributed by atoms with Gasteiger partial charge in [-0.15, -0.1) is 0 Å². The van der Waals surface area contributed by atoms with Gasteiger partial charge >= 0.3 is 419 Å². The van der Waals surface area contributed by atoms with Crippen LogP contribution >= 0.6 is 0 Å². The third-order valence-electron chi connectivity index (χ3n) is 13.3. The maximum atomic E-state index is 2.43. The summed E-state index contributed by atoms with van der Waals surface area (Å²) in [5, 5.41) is 0. The van der Waals surface area contributed by atoms with Gasteiger partial charge in [-0.25, -0.2) is 0 Å². The first kappa shape index (κ1) is 49.9. The molecular weight excluding hydrogens is 1100 g/mol. The summed E-state index contributed by atoms with van der Waals surface area (Å²) in [6, 6.07) is 57.1. The van der Waals surface area contributed by atoms with Crippen molar-refractivity contribution in [3.05, 3.63) is 200 Å². The second-order valence-corrected chi connectivity index (χ2v) is 31.5. The van der Waals surface area contributed by atoms with Gasteiger partial charge in [0.1, 0.15) is 0 Å². The topological polar surface area (TPSA) is 0 Å². The minimum atomic E-state index is -0.234. The molecule has 0 spiro atoms. The second-order valence-electron chi connectivity index (χ2n) is 22.4. The summed E-state index contributed by atoms with van der Waals surface area (Å²) in [5.74, 6) is 0. The standard InChI is InChI=1S/C60H74I3/c1-55(2,3)43-15-27-49(28-16-43)61-51-31-19-45(20-32-51)57(7,8)39-41-59(11,12)47-23-35-53(36-24-47)63-54-37-25-48(26-38-54)60(13,14)42-40-58(9,10)46-21-33-52(34-22-46)62-50-29-17-44(18-30-50)56(4,5)6/h15-38H,39-42H2,1-14H3/q-3. The zero-order valence-electron chi connectivity index (χ0n) is 40.8. The first-order chi connectivity index (χ1) is 29.4. The van der Waals surface area contributed by atoms with Crippen molar-refractivity contribution in [2.45, 2.75) is 155 Å². The SMILES string of the molecule is CC(C)(C)c1ccc([I-]c2ccc(C(C)(C)CCC(C)(C)c3ccc([I-]c4ccc(C(C)(C)CCC(C)(C)c5ccc([I-]c6ccc(C(C)(C)C)cc6)cc5)cc4)cc3)cc2)cc1. The average molecular weight is 1180 g/mol. The molecule has 0 nitrogen and oxygen atoms in total. The molecule has 0 atom stereocenters. The predicted molar refractivity (Wildman–Crippen MR) is 259 cm³/mol. The Morgan fingerprint density at radius 3 is 0.508 bits per heavy atom. The van der Waals surface area contributed by atoms with Crippen LogP contribution in [-0.4, -0.2) is 0 Å². The fraction of sp³-hybridized carbons (Fsp3) is 0.400. The van der Waals surface area contributed by atoms with Gasteiger partial charge in [0.15, 0.2) is 0 Å². The molecule has 0 N–H and O–H groups in total. The van der Waals surface area contributed by atoms with E-state index in [1.807, 2.05) is 0 Å². The van der Waals surface area contributed by atoms with Crippen LogP contribution in [0.3, 0.4) is 0 Å². The van der Waals surface area contributed by atoms with Gasteiger partial charge < -0.3 is 0 Å². The Morgan fingerprint density at radius 2 is 0.365 bits per heavy atom. The van der Waals surface area contributed by atoms with Crippen molar-refractivity contribution in [2.75, 3.05) is 0 Å². The van der Waals surface area contributed by atoms with Crippen molar-refractivity contribution in [1.82, 2.24) is 0 Å². The van der Waals surface area contributed by atoms with E-state index in [0.717, 1.165) is 25.7 Å². The van der Waals surface area contributed by atoms with Crippen LogP contribution in [0.4, 0.5) is 0 Å². The molecule has 0 aromatic heterocycles. The van der Waals surface area contributed by atoms with Crippen LogP contribution in [0, 0.1) is 21.4 Å². The van der Waals surface area contributed by atoms with E-state index < -0.39 is 0 Å². The molecule has 0 saturated carbocycles. The van der Waals surface area contributed by atoms with E-state index in [9.17, 15) is 0 Å². The van der Waals surface area contributed by atoms with E-state index in [2.05, 4.69) is 243 Å². The van der Waals surface area contributed by atoms with Gasteiger partial charge in [-0.1, -0.05) is 0 Å². The third kappa shape index (κ3) is 13.8. The minimum absolute atomic E-state index is 0.116. The molecule has 0 saturated heterocycles. The quantitative estimate of drug-likeness (QED) is 0.0945. The molecule has 0 aliphatic carbocycles. The first-order valence-corrected chi connectivity index (χ1v) is 29.4. The van der Waals surface area contributed by atoms with E-state index in [-0.39, 0.29) is 96.1 Å². The van der Waals surface area contributed by atoms with Crippen LogP contribution in [0.1, 0.15) is 156 Å². The molecule has 0 fully saturated rings. The van der Waals surface area contributed by atoms with Crippen LogP contribution in [0.15, 0.2) is 146 Å². The summed E-state index contributed by atoms with van der Waals surface area (Å²) >= 11 is -0.580. The van der Waals surface area contributed by atoms with E-state index in [1.165, 1.54) is 54.8 Å². The number of hydrogen-bond donors (Lipinski definition) is 0. The molecule has 0 unspecified atom stereocenters. The van der Waals surface area contributed by atoms with Crippen LogP contribution < -0.4 is 63.6 Å². The fourth-order valence-corrected chi connectivity index (χ4v) is 14.6. The maximum absolute atomic E-state index is 2.43. The zero-order chi connectivity index (χ0) is 45.8. The van der Waals surface area contributed by atoms with Crippen molar-refractivity contribution >= 4 is 0 Å². The van der Waals surface area contributed by atoms with Gasteiger partial charge in [0.2, 0.25) is 0 Å². The van der Waals surface area contributed by atoms with Crippen molar-refractivity contribution < 1.29 is 63.6 Å². The van der Waals surface area contributed by atoms with E-state index in [4.69, 9.17) is 0 Å². The Kier molecular flexibility index (Phi) is 16.0. The number of halogens is 3. The van der Waals surface area contributed by atoms with E-state index in [0.29, 0.717) is 0 Å². The Balaban J connectivity index is 0.979. The number of hydrogen-bond acceptors (Lipinski definition) is 0. The van der Waals surface area contributed by atoms with Crippen molar-refractivity contribution in [1.29, 1.82) is 0 Å². The van der Waals surface area contributed by atoms with Gasteiger partial charge in [-0.3, -0.25) is 0 Å². The summed E-state index contributed by atoms with van der Waals surface area (Å²) in [4.78, 5) is 0. The van der Waals surface area contributed by atoms with Crippen LogP contribution in [0.5, 0.6) is 0 Å². The van der Waals surface area contributed by atoms with Crippen LogP contribution in [0.2, 0.25) is 0 Å². The molecule has 0 radical (unpaired) electrons. The van der Waals surface area contributed by atoms with Crippen molar-refractivity contribution in [2.24, 2.45) is 0 Å². The Bertz CT molecular complexity index is 2190. The molecule has 63 heavy (non-hydrogen) atoms. The van der Waals surface area contributed by atoms with Crippen molar-refractivity contribution in [3.8, 4) is 0 Å². The molecule has 6 aromatic rings. The summed E-state index contributed by atoms with van der Waals surface area (Å²) in [6.07, 6.45) is 4.61. The fourth-order valence-electron chi connectivity index (χ4n) is 8.09. The zero-order valence-corrected chi connectivity index (χ0v) is 47.3. The summed E-state index contributed by atoms with van der Waals surface area (Å²) in [5.41, 5.74) is 9.49. The second kappa shape index (κ2) is 20.2. The van der Waals surface area contributed by atoms with Gasteiger partial charge in [-0.05, 0) is 0 Å². The Hall–Kier alpha value is -2.49. The Morgan fingerprint density at radius 1 is 0.222 bits per heavy atom.